The lowest BCUT2D eigenvalue weighted by Gasteiger charge is -2.09. The standard InChI is InChI=1S/C16H13F3O3/c17-16(18,19)15(20)22-11-13-6-8-14(9-7-13)21-10-12-4-2-1-3-5-12/h1-9H,10-11H2. The van der Waals surface area contributed by atoms with Crippen molar-refractivity contribution in [1.29, 1.82) is 0 Å². The number of alkyl halides is 3. The van der Waals surface area contributed by atoms with Gasteiger partial charge in [0.15, 0.2) is 0 Å². The van der Waals surface area contributed by atoms with Crippen molar-refractivity contribution in [2.75, 3.05) is 0 Å². The molecule has 0 heterocycles. The van der Waals surface area contributed by atoms with Crippen LogP contribution in [0.4, 0.5) is 13.2 Å². The van der Waals surface area contributed by atoms with Crippen LogP contribution >= 0.6 is 0 Å². The fourth-order valence-corrected chi connectivity index (χ4v) is 1.65. The van der Waals surface area contributed by atoms with E-state index in [0.29, 0.717) is 17.9 Å². The zero-order valence-electron chi connectivity index (χ0n) is 11.5. The van der Waals surface area contributed by atoms with Crippen LogP contribution in [0.25, 0.3) is 0 Å². The van der Waals surface area contributed by atoms with Gasteiger partial charge in [0.25, 0.3) is 0 Å². The number of hydrogen-bond acceptors (Lipinski definition) is 3. The molecule has 2 rings (SSSR count). The first-order valence-electron chi connectivity index (χ1n) is 6.45. The van der Waals surface area contributed by atoms with Crippen LogP contribution in [0.5, 0.6) is 5.75 Å². The number of benzene rings is 2. The Labute approximate surface area is 125 Å². The molecule has 3 nitrogen and oxygen atoms in total. The fourth-order valence-electron chi connectivity index (χ4n) is 1.65. The molecule has 0 aliphatic carbocycles. The van der Waals surface area contributed by atoms with E-state index in [9.17, 15) is 18.0 Å². The van der Waals surface area contributed by atoms with Crippen molar-refractivity contribution in [3.63, 3.8) is 0 Å². The van der Waals surface area contributed by atoms with E-state index in [1.165, 1.54) is 0 Å². The molecular weight excluding hydrogens is 297 g/mol. The summed E-state index contributed by atoms with van der Waals surface area (Å²) in [7, 11) is 0. The molecule has 2 aromatic carbocycles. The largest absolute Gasteiger partial charge is 0.490 e. The quantitative estimate of drug-likeness (QED) is 0.786. The van der Waals surface area contributed by atoms with Gasteiger partial charge in [0.1, 0.15) is 19.0 Å². The molecule has 116 valence electrons. The Hall–Kier alpha value is -2.50. The van der Waals surface area contributed by atoms with E-state index in [-0.39, 0.29) is 0 Å². The van der Waals surface area contributed by atoms with Crippen LogP contribution in [0, 0.1) is 0 Å². The first-order valence-corrected chi connectivity index (χ1v) is 6.45. The highest BCUT2D eigenvalue weighted by Gasteiger charge is 2.40. The van der Waals surface area contributed by atoms with E-state index >= 15 is 0 Å². The van der Waals surface area contributed by atoms with Crippen LogP contribution in [-0.4, -0.2) is 12.1 Å². The van der Waals surface area contributed by atoms with Crippen LogP contribution in [0.1, 0.15) is 11.1 Å². The van der Waals surface area contributed by atoms with Gasteiger partial charge in [0.2, 0.25) is 0 Å². The third-order valence-corrected chi connectivity index (χ3v) is 2.77. The summed E-state index contributed by atoms with van der Waals surface area (Å²) in [6.45, 7) is -0.0411. The summed E-state index contributed by atoms with van der Waals surface area (Å²) >= 11 is 0. The van der Waals surface area contributed by atoms with Crippen molar-refractivity contribution < 1.29 is 27.4 Å². The third-order valence-electron chi connectivity index (χ3n) is 2.77. The van der Waals surface area contributed by atoms with E-state index in [0.717, 1.165) is 5.56 Å². The van der Waals surface area contributed by atoms with Gasteiger partial charge in [-0.25, -0.2) is 4.79 Å². The smallest absolute Gasteiger partial charge is 0.489 e. The molecule has 0 saturated heterocycles. The van der Waals surface area contributed by atoms with Crippen LogP contribution in [0.2, 0.25) is 0 Å². The summed E-state index contributed by atoms with van der Waals surface area (Å²) in [6.07, 6.45) is -4.97. The summed E-state index contributed by atoms with van der Waals surface area (Å²) < 4.78 is 45.6. The first-order chi connectivity index (χ1) is 10.4. The number of ether oxygens (including phenoxy) is 2. The van der Waals surface area contributed by atoms with E-state index in [2.05, 4.69) is 4.74 Å². The molecule has 0 amide bonds. The highest BCUT2D eigenvalue weighted by molar-refractivity contribution is 5.75. The molecule has 0 spiro atoms. The number of rotatable bonds is 5. The zero-order valence-corrected chi connectivity index (χ0v) is 11.5. The van der Waals surface area contributed by atoms with Gasteiger partial charge < -0.3 is 9.47 Å². The zero-order chi connectivity index (χ0) is 16.0. The molecule has 0 fully saturated rings. The molecule has 0 saturated carbocycles. The normalized spacial score (nSPS) is 11.0. The maximum Gasteiger partial charge on any atom is 0.490 e. The number of carbonyl (C=O) groups is 1. The molecule has 22 heavy (non-hydrogen) atoms. The van der Waals surface area contributed by atoms with E-state index in [1.807, 2.05) is 30.3 Å². The van der Waals surface area contributed by atoms with Crippen molar-refractivity contribution in [3.8, 4) is 5.75 Å². The minimum Gasteiger partial charge on any atom is -0.489 e. The maximum atomic E-state index is 12.0. The van der Waals surface area contributed by atoms with Crippen LogP contribution < -0.4 is 4.74 Å². The topological polar surface area (TPSA) is 35.5 Å². The molecule has 0 unspecified atom stereocenters. The average molecular weight is 310 g/mol. The second kappa shape index (κ2) is 6.98. The number of carbonyl (C=O) groups excluding carboxylic acids is 1. The van der Waals surface area contributed by atoms with Crippen molar-refractivity contribution in [2.24, 2.45) is 0 Å². The van der Waals surface area contributed by atoms with Gasteiger partial charge in [0, 0.05) is 0 Å². The Morgan fingerprint density at radius 3 is 2.05 bits per heavy atom. The minimum atomic E-state index is -4.97. The third kappa shape index (κ3) is 4.80. The van der Waals surface area contributed by atoms with Gasteiger partial charge in [-0.05, 0) is 23.3 Å². The van der Waals surface area contributed by atoms with Gasteiger partial charge >= 0.3 is 12.1 Å². The second-order valence-electron chi connectivity index (χ2n) is 4.49. The monoisotopic (exact) mass is 310 g/mol. The van der Waals surface area contributed by atoms with Gasteiger partial charge in [-0.3, -0.25) is 0 Å². The number of hydrogen-bond donors (Lipinski definition) is 0. The highest BCUT2D eigenvalue weighted by atomic mass is 19.4. The predicted molar refractivity (Wildman–Crippen MR) is 73.1 cm³/mol. The molecule has 0 bridgehead atoms. The van der Waals surface area contributed by atoms with Crippen molar-refractivity contribution in [2.45, 2.75) is 19.4 Å². The van der Waals surface area contributed by atoms with Crippen LogP contribution in [-0.2, 0) is 22.7 Å². The predicted octanol–water partition coefficient (Wildman–Crippen LogP) is 3.87. The molecule has 0 radical (unpaired) electrons. The summed E-state index contributed by atoms with van der Waals surface area (Å²) in [5.41, 5.74) is 1.45. The van der Waals surface area contributed by atoms with Gasteiger partial charge in [-0.15, -0.1) is 0 Å². The molecule has 0 aliphatic rings. The molecule has 0 aliphatic heterocycles. The summed E-state index contributed by atoms with van der Waals surface area (Å²) in [4.78, 5) is 10.6. The van der Waals surface area contributed by atoms with Crippen molar-refractivity contribution in [1.82, 2.24) is 0 Å². The Balaban J connectivity index is 1.84. The first kappa shape index (κ1) is 15.9. The van der Waals surface area contributed by atoms with Crippen LogP contribution in [0.3, 0.4) is 0 Å². The summed E-state index contributed by atoms with van der Waals surface area (Å²) in [5.74, 6) is -1.62. The molecule has 6 heteroatoms. The van der Waals surface area contributed by atoms with E-state index < -0.39 is 18.8 Å². The fraction of sp³-hybridized carbons (Fsp3) is 0.188. The minimum absolute atomic E-state index is 0.392. The second-order valence-corrected chi connectivity index (χ2v) is 4.49. The Morgan fingerprint density at radius 1 is 0.864 bits per heavy atom. The summed E-state index contributed by atoms with van der Waals surface area (Å²) in [6, 6.07) is 15.9. The van der Waals surface area contributed by atoms with E-state index in [1.54, 1.807) is 24.3 Å². The highest BCUT2D eigenvalue weighted by Crippen LogP contribution is 2.19. The van der Waals surface area contributed by atoms with Gasteiger partial charge in [0.05, 0.1) is 0 Å². The Morgan fingerprint density at radius 2 is 1.45 bits per heavy atom. The SMILES string of the molecule is O=C(OCc1ccc(OCc2ccccc2)cc1)C(F)(F)F. The lowest BCUT2D eigenvalue weighted by atomic mass is 10.2. The maximum absolute atomic E-state index is 12.0. The number of halogens is 3. The number of esters is 1. The van der Waals surface area contributed by atoms with Crippen molar-refractivity contribution >= 4 is 5.97 Å². The molecule has 0 aromatic heterocycles. The van der Waals surface area contributed by atoms with Gasteiger partial charge in [-0.1, -0.05) is 42.5 Å². The van der Waals surface area contributed by atoms with Crippen molar-refractivity contribution in [3.05, 3.63) is 65.7 Å². The lowest BCUT2D eigenvalue weighted by molar-refractivity contribution is -0.201. The molecule has 0 N–H and O–H groups in total. The van der Waals surface area contributed by atoms with Crippen LogP contribution in [0.15, 0.2) is 54.6 Å². The molecule has 0 atom stereocenters. The lowest BCUT2D eigenvalue weighted by Crippen LogP contribution is -2.25. The Kier molecular flexibility index (Phi) is 5.04. The Bertz CT molecular complexity index is 607. The van der Waals surface area contributed by atoms with E-state index in [4.69, 9.17) is 4.74 Å². The van der Waals surface area contributed by atoms with Gasteiger partial charge in [-0.2, -0.15) is 13.2 Å². The average Bonchev–Trinajstić information content (AvgIpc) is 2.51. The molecular formula is C16H13F3O3. The molecule has 2 aromatic rings. The summed E-state index contributed by atoms with van der Waals surface area (Å²) in [5, 5.41) is 0.